The van der Waals surface area contributed by atoms with Gasteiger partial charge in [-0.25, -0.2) is 0 Å². The molecule has 1 N–H and O–H groups in total. The topological polar surface area (TPSA) is 56.2 Å². The molecule has 0 aliphatic rings. The predicted octanol–water partition coefficient (Wildman–Crippen LogP) is 4.54. The van der Waals surface area contributed by atoms with Crippen LogP contribution in [-0.4, -0.2) is 22.8 Å². The minimum Gasteiger partial charge on any atom is -0.497 e. The molecule has 0 spiro atoms. The highest BCUT2D eigenvalue weighted by molar-refractivity contribution is 7.20. The molecule has 5 nitrogen and oxygen atoms in total. The minimum atomic E-state index is -4.57. The van der Waals surface area contributed by atoms with Crippen LogP contribution in [-0.2, 0) is 13.2 Å². The lowest BCUT2D eigenvalue weighted by atomic mass is 10.0. The van der Waals surface area contributed by atoms with Gasteiger partial charge in [-0.3, -0.25) is 9.48 Å². The molecular weight excluding hydrogens is 379 g/mol. The van der Waals surface area contributed by atoms with E-state index in [4.69, 9.17) is 4.74 Å². The van der Waals surface area contributed by atoms with E-state index in [2.05, 4.69) is 10.4 Å². The maximum Gasteiger partial charge on any atom is 0.435 e. The SMILES string of the molecule is CC[C@@H](NC(=O)c1cc2c(C(F)(F)F)nn(C)c2s1)c1ccc(OC)cc1. The maximum absolute atomic E-state index is 13.1. The van der Waals surface area contributed by atoms with Crippen LogP contribution in [0.2, 0.25) is 0 Å². The Bertz CT molecular complexity index is 961. The summed E-state index contributed by atoms with van der Waals surface area (Å²) in [5.74, 6) is 0.295. The summed E-state index contributed by atoms with van der Waals surface area (Å²) in [6, 6.07) is 8.30. The first-order valence-corrected chi connectivity index (χ1v) is 9.04. The number of halogens is 3. The summed E-state index contributed by atoms with van der Waals surface area (Å²) in [5.41, 5.74) is -0.0806. The molecule has 0 saturated heterocycles. The lowest BCUT2D eigenvalue weighted by Crippen LogP contribution is -2.27. The van der Waals surface area contributed by atoms with Crippen molar-refractivity contribution in [2.75, 3.05) is 7.11 Å². The van der Waals surface area contributed by atoms with Crippen LogP contribution in [0.5, 0.6) is 5.75 Å². The van der Waals surface area contributed by atoms with E-state index in [1.54, 1.807) is 19.2 Å². The minimum absolute atomic E-state index is 0.0577. The second-order valence-corrected chi connectivity index (χ2v) is 7.04. The van der Waals surface area contributed by atoms with E-state index in [1.165, 1.54) is 13.1 Å². The number of fused-ring (bicyclic) bond motifs is 1. The van der Waals surface area contributed by atoms with E-state index in [0.717, 1.165) is 21.6 Å². The summed E-state index contributed by atoms with van der Waals surface area (Å²) < 4.78 is 45.6. The van der Waals surface area contributed by atoms with Crippen molar-refractivity contribution in [1.29, 1.82) is 0 Å². The van der Waals surface area contributed by atoms with Crippen LogP contribution in [0.4, 0.5) is 13.2 Å². The van der Waals surface area contributed by atoms with Gasteiger partial charge in [-0.1, -0.05) is 19.1 Å². The molecule has 3 rings (SSSR count). The number of nitrogens with zero attached hydrogens (tertiary/aromatic N) is 2. The van der Waals surface area contributed by atoms with Gasteiger partial charge in [0, 0.05) is 12.4 Å². The molecule has 0 unspecified atom stereocenters. The van der Waals surface area contributed by atoms with Crippen LogP contribution in [0.3, 0.4) is 0 Å². The second kappa shape index (κ2) is 7.22. The number of rotatable bonds is 5. The van der Waals surface area contributed by atoms with Crippen LogP contribution in [0.25, 0.3) is 10.2 Å². The molecule has 0 fully saturated rings. The Morgan fingerprint density at radius 2 is 2.00 bits per heavy atom. The van der Waals surface area contributed by atoms with Crippen LogP contribution < -0.4 is 10.1 Å². The molecule has 0 radical (unpaired) electrons. The van der Waals surface area contributed by atoms with Crippen molar-refractivity contribution in [2.24, 2.45) is 7.05 Å². The van der Waals surface area contributed by atoms with Crippen molar-refractivity contribution in [2.45, 2.75) is 25.6 Å². The highest BCUT2D eigenvalue weighted by atomic mass is 32.1. The number of thiophene rings is 1. The van der Waals surface area contributed by atoms with Gasteiger partial charge in [-0.05, 0) is 30.2 Å². The Kier molecular flexibility index (Phi) is 5.14. The number of hydrogen-bond donors (Lipinski definition) is 1. The van der Waals surface area contributed by atoms with E-state index >= 15 is 0 Å². The van der Waals surface area contributed by atoms with Gasteiger partial charge in [0.1, 0.15) is 10.6 Å². The van der Waals surface area contributed by atoms with E-state index < -0.39 is 17.8 Å². The molecule has 27 heavy (non-hydrogen) atoms. The quantitative estimate of drug-likeness (QED) is 0.688. The Hall–Kier alpha value is -2.55. The third-order valence-corrected chi connectivity index (χ3v) is 5.44. The summed E-state index contributed by atoms with van der Waals surface area (Å²) in [4.78, 5) is 13.1. The van der Waals surface area contributed by atoms with Crippen molar-refractivity contribution in [3.8, 4) is 5.75 Å². The van der Waals surface area contributed by atoms with Crippen LogP contribution in [0.1, 0.15) is 40.3 Å². The van der Waals surface area contributed by atoms with Gasteiger partial charge >= 0.3 is 6.18 Å². The fourth-order valence-electron chi connectivity index (χ4n) is 2.85. The van der Waals surface area contributed by atoms with Gasteiger partial charge < -0.3 is 10.1 Å². The molecule has 1 amide bonds. The number of nitrogens with one attached hydrogen (secondary N) is 1. The molecule has 9 heteroatoms. The standard InChI is InChI=1S/C18H18F3N3O2S/c1-4-13(10-5-7-11(26-3)8-6-10)22-16(25)14-9-12-15(18(19,20)21)23-24(2)17(12)27-14/h5-9,13H,4H2,1-3H3,(H,22,25)/t13-/m1/s1. The number of benzene rings is 1. The van der Waals surface area contributed by atoms with Crippen molar-refractivity contribution in [1.82, 2.24) is 15.1 Å². The van der Waals surface area contributed by atoms with Gasteiger partial charge in [0.2, 0.25) is 0 Å². The third kappa shape index (κ3) is 3.78. The lowest BCUT2D eigenvalue weighted by molar-refractivity contribution is -0.140. The number of alkyl halides is 3. The monoisotopic (exact) mass is 397 g/mol. The fraction of sp³-hybridized carbons (Fsp3) is 0.333. The first kappa shape index (κ1) is 19.2. The van der Waals surface area contributed by atoms with Crippen molar-refractivity contribution >= 4 is 27.5 Å². The molecule has 1 aromatic carbocycles. The molecule has 0 aliphatic heterocycles. The summed E-state index contributed by atoms with van der Waals surface area (Å²) in [6.45, 7) is 1.92. The first-order chi connectivity index (χ1) is 12.7. The van der Waals surface area contributed by atoms with Crippen LogP contribution in [0.15, 0.2) is 30.3 Å². The molecule has 0 saturated carbocycles. The number of aryl methyl sites for hydroxylation is 1. The Morgan fingerprint density at radius 1 is 1.33 bits per heavy atom. The van der Waals surface area contributed by atoms with Gasteiger partial charge in [-0.2, -0.15) is 18.3 Å². The van der Waals surface area contributed by atoms with Crippen molar-refractivity contribution in [3.63, 3.8) is 0 Å². The average molecular weight is 397 g/mol. The second-order valence-electron chi connectivity index (χ2n) is 6.01. The fourth-order valence-corrected chi connectivity index (χ4v) is 3.82. The Balaban J connectivity index is 1.86. The van der Waals surface area contributed by atoms with E-state index in [0.29, 0.717) is 17.0 Å². The lowest BCUT2D eigenvalue weighted by Gasteiger charge is -2.17. The number of hydrogen-bond acceptors (Lipinski definition) is 4. The molecule has 144 valence electrons. The highest BCUT2D eigenvalue weighted by Gasteiger charge is 2.37. The first-order valence-electron chi connectivity index (χ1n) is 8.23. The normalized spacial score (nSPS) is 13.0. The summed E-state index contributed by atoms with van der Waals surface area (Å²) in [5, 5.41) is 6.35. The van der Waals surface area contributed by atoms with Crippen molar-refractivity contribution < 1.29 is 22.7 Å². The largest absolute Gasteiger partial charge is 0.497 e. The zero-order valence-electron chi connectivity index (χ0n) is 14.9. The molecule has 1 atom stereocenters. The molecule has 0 bridgehead atoms. The Labute approximate surface area is 157 Å². The number of aromatic nitrogens is 2. The predicted molar refractivity (Wildman–Crippen MR) is 97.1 cm³/mol. The van der Waals surface area contributed by atoms with E-state index in [1.807, 2.05) is 19.1 Å². The smallest absolute Gasteiger partial charge is 0.435 e. The number of carbonyl (C=O) groups excluding carboxylic acids is 1. The molecule has 0 aliphatic carbocycles. The number of amides is 1. The number of methoxy groups -OCH3 is 1. The van der Waals surface area contributed by atoms with Gasteiger partial charge in [0.25, 0.3) is 5.91 Å². The zero-order chi connectivity index (χ0) is 19.8. The molecular formula is C18H18F3N3O2S. The number of ether oxygens (including phenoxy) is 1. The van der Waals surface area contributed by atoms with Gasteiger partial charge in [0.05, 0.1) is 18.0 Å². The zero-order valence-corrected chi connectivity index (χ0v) is 15.7. The van der Waals surface area contributed by atoms with E-state index in [9.17, 15) is 18.0 Å². The summed E-state index contributed by atoms with van der Waals surface area (Å²) in [6.07, 6.45) is -3.93. The third-order valence-electron chi connectivity index (χ3n) is 4.24. The highest BCUT2D eigenvalue weighted by Crippen LogP contribution is 2.37. The summed E-state index contributed by atoms with van der Waals surface area (Å²) in [7, 11) is 3.00. The molecule has 2 aromatic heterocycles. The van der Waals surface area contributed by atoms with Crippen LogP contribution >= 0.6 is 11.3 Å². The van der Waals surface area contributed by atoms with Crippen LogP contribution in [0, 0.1) is 0 Å². The van der Waals surface area contributed by atoms with E-state index in [-0.39, 0.29) is 16.3 Å². The molecule has 3 aromatic rings. The van der Waals surface area contributed by atoms with Gasteiger partial charge in [0.15, 0.2) is 5.69 Å². The number of carbonyl (C=O) groups is 1. The van der Waals surface area contributed by atoms with Gasteiger partial charge in [-0.15, -0.1) is 11.3 Å². The maximum atomic E-state index is 13.1. The summed E-state index contributed by atoms with van der Waals surface area (Å²) >= 11 is 0.991. The molecule has 2 heterocycles. The average Bonchev–Trinajstić information content (AvgIpc) is 3.20. The van der Waals surface area contributed by atoms with Crippen molar-refractivity contribution in [3.05, 3.63) is 46.5 Å². The Morgan fingerprint density at radius 3 is 2.56 bits per heavy atom.